The molecule has 2 fully saturated rings. The predicted octanol–water partition coefficient (Wildman–Crippen LogP) is 0.847. The van der Waals surface area contributed by atoms with Crippen LogP contribution in [0.25, 0.3) is 0 Å². The van der Waals surface area contributed by atoms with Crippen molar-refractivity contribution in [2.75, 3.05) is 26.2 Å². The van der Waals surface area contributed by atoms with E-state index in [9.17, 15) is 14.4 Å². The highest BCUT2D eigenvalue weighted by Crippen LogP contribution is 2.34. The van der Waals surface area contributed by atoms with Crippen molar-refractivity contribution in [1.29, 1.82) is 0 Å². The summed E-state index contributed by atoms with van der Waals surface area (Å²) >= 11 is 0. The van der Waals surface area contributed by atoms with Crippen molar-refractivity contribution < 1.29 is 23.7 Å². The van der Waals surface area contributed by atoms with Crippen LogP contribution in [0.2, 0.25) is 0 Å². The summed E-state index contributed by atoms with van der Waals surface area (Å²) < 4.78 is 5.63. The maximum absolute atomic E-state index is 12.5. The molecule has 29 heavy (non-hydrogen) atoms. The number of imide groups is 1. The number of fused-ring (bicyclic) bond motifs is 1. The number of allylic oxidation sites excluding steroid dienone is 2. The minimum atomic E-state index is -0.235. The van der Waals surface area contributed by atoms with Crippen LogP contribution in [0.5, 0.6) is 0 Å². The van der Waals surface area contributed by atoms with Crippen LogP contribution >= 0.6 is 0 Å². The lowest BCUT2D eigenvalue weighted by Crippen LogP contribution is -3.13. The molecule has 0 spiro atoms. The molecule has 1 aromatic rings. The van der Waals surface area contributed by atoms with Gasteiger partial charge in [-0.2, -0.15) is 0 Å². The number of rotatable bonds is 7. The molecule has 4 rings (SSSR count). The topological polar surface area (TPSA) is 84.1 Å². The van der Waals surface area contributed by atoms with Crippen molar-refractivity contribution in [2.45, 2.75) is 44.6 Å². The van der Waals surface area contributed by atoms with Gasteiger partial charge in [-0.15, -0.1) is 0 Å². The molecular weight excluding hydrogens is 370 g/mol. The highest BCUT2D eigenvalue weighted by Gasteiger charge is 2.46. The maximum Gasteiger partial charge on any atom is 0.233 e. The average Bonchev–Trinajstić information content (AvgIpc) is 3.36. The number of carbonyl (C=O) groups is 3. The van der Waals surface area contributed by atoms with Crippen LogP contribution in [-0.4, -0.2) is 48.8 Å². The molecule has 0 unspecified atom stereocenters. The maximum atomic E-state index is 12.5. The first-order chi connectivity index (χ1) is 14.1. The van der Waals surface area contributed by atoms with Crippen LogP contribution in [-0.2, 0) is 14.4 Å². The van der Waals surface area contributed by atoms with Crippen molar-refractivity contribution in [3.63, 3.8) is 0 Å². The standard InChI is InChI=1S/C22H29N3O4/c26-20(10-13-25-21(27)16-7-2-3-8-17(16)22(25)28)23-15-18(19-9-6-14-29-19)24-11-4-1-5-12-24/h2-3,6,9,14,16-18H,1,4-5,7-8,10-13,15H2,(H,23,26)/p+1/t16-,17-,18+/m0/s1. The monoisotopic (exact) mass is 400 g/mol. The zero-order valence-electron chi connectivity index (χ0n) is 16.8. The minimum Gasteiger partial charge on any atom is -0.463 e. The van der Waals surface area contributed by atoms with Gasteiger partial charge < -0.3 is 14.6 Å². The Morgan fingerprint density at radius 2 is 1.83 bits per heavy atom. The van der Waals surface area contributed by atoms with Gasteiger partial charge in [0.2, 0.25) is 17.7 Å². The first-order valence-electron chi connectivity index (χ1n) is 10.8. The molecule has 7 heteroatoms. The van der Waals surface area contributed by atoms with Gasteiger partial charge >= 0.3 is 0 Å². The smallest absolute Gasteiger partial charge is 0.233 e. The predicted molar refractivity (Wildman–Crippen MR) is 106 cm³/mol. The molecular formula is C22H30N3O4+. The van der Waals surface area contributed by atoms with E-state index in [4.69, 9.17) is 4.42 Å². The summed E-state index contributed by atoms with van der Waals surface area (Å²) in [5.74, 6) is 0.0465. The Hall–Kier alpha value is -2.41. The first kappa shape index (κ1) is 19.9. The molecule has 156 valence electrons. The van der Waals surface area contributed by atoms with Crippen molar-refractivity contribution in [1.82, 2.24) is 10.2 Å². The Bertz CT molecular complexity index is 741. The molecule has 3 heterocycles. The van der Waals surface area contributed by atoms with Crippen LogP contribution in [0.3, 0.4) is 0 Å². The number of nitrogens with zero attached hydrogens (tertiary/aromatic N) is 1. The summed E-state index contributed by atoms with van der Waals surface area (Å²) in [7, 11) is 0. The molecule has 0 bridgehead atoms. The van der Waals surface area contributed by atoms with E-state index >= 15 is 0 Å². The van der Waals surface area contributed by atoms with Crippen LogP contribution in [0, 0.1) is 11.8 Å². The molecule has 0 radical (unpaired) electrons. The molecule has 3 atom stereocenters. The van der Waals surface area contributed by atoms with Crippen LogP contribution in [0.1, 0.15) is 50.3 Å². The van der Waals surface area contributed by atoms with Crippen molar-refractivity contribution >= 4 is 17.7 Å². The summed E-state index contributed by atoms with van der Waals surface area (Å²) in [6, 6.07) is 3.95. The Morgan fingerprint density at radius 1 is 1.14 bits per heavy atom. The lowest BCUT2D eigenvalue weighted by molar-refractivity contribution is -0.936. The first-order valence-corrected chi connectivity index (χ1v) is 10.8. The van der Waals surface area contributed by atoms with Gasteiger partial charge in [-0.05, 0) is 44.2 Å². The van der Waals surface area contributed by atoms with E-state index in [0.717, 1.165) is 18.8 Å². The Balaban J connectivity index is 1.30. The van der Waals surface area contributed by atoms with Crippen LogP contribution in [0.4, 0.5) is 0 Å². The van der Waals surface area contributed by atoms with Crippen molar-refractivity contribution in [2.24, 2.45) is 11.8 Å². The van der Waals surface area contributed by atoms with E-state index in [2.05, 4.69) is 5.32 Å². The normalized spacial score (nSPS) is 25.9. The number of nitrogens with one attached hydrogen (secondary N) is 2. The molecule has 2 N–H and O–H groups in total. The largest absolute Gasteiger partial charge is 0.463 e. The van der Waals surface area contributed by atoms with E-state index in [1.165, 1.54) is 29.1 Å². The van der Waals surface area contributed by atoms with Gasteiger partial charge in [-0.3, -0.25) is 19.3 Å². The van der Waals surface area contributed by atoms with Gasteiger partial charge in [-0.1, -0.05) is 12.2 Å². The Morgan fingerprint density at radius 3 is 2.45 bits per heavy atom. The van der Waals surface area contributed by atoms with Gasteiger partial charge in [0.05, 0.1) is 37.7 Å². The number of carbonyl (C=O) groups excluding carboxylic acids is 3. The quantitative estimate of drug-likeness (QED) is 0.525. The summed E-state index contributed by atoms with van der Waals surface area (Å²) in [4.78, 5) is 40.2. The van der Waals surface area contributed by atoms with Gasteiger partial charge in [-0.25, -0.2) is 0 Å². The fourth-order valence-corrected chi connectivity index (χ4v) is 4.90. The molecule has 2 aliphatic heterocycles. The van der Waals surface area contributed by atoms with Crippen LogP contribution < -0.4 is 10.2 Å². The third kappa shape index (κ3) is 4.29. The Labute approximate surface area is 171 Å². The molecule has 3 aliphatic rings. The van der Waals surface area contributed by atoms with E-state index in [1.807, 2.05) is 24.3 Å². The second-order valence-corrected chi connectivity index (χ2v) is 8.32. The number of piperidine rings is 1. The average molecular weight is 400 g/mol. The zero-order chi connectivity index (χ0) is 20.2. The molecule has 1 aliphatic carbocycles. The van der Waals surface area contributed by atoms with Gasteiger partial charge in [0.1, 0.15) is 0 Å². The highest BCUT2D eigenvalue weighted by atomic mass is 16.3. The lowest BCUT2D eigenvalue weighted by Gasteiger charge is -2.30. The molecule has 7 nitrogen and oxygen atoms in total. The molecule has 0 aromatic carbocycles. The van der Waals surface area contributed by atoms with Gasteiger partial charge in [0.15, 0.2) is 11.8 Å². The number of quaternary nitrogens is 1. The number of hydrogen-bond acceptors (Lipinski definition) is 4. The summed E-state index contributed by atoms with van der Waals surface area (Å²) in [5.41, 5.74) is 0. The lowest BCUT2D eigenvalue weighted by atomic mass is 9.85. The third-order valence-electron chi connectivity index (χ3n) is 6.54. The molecule has 3 amide bonds. The summed E-state index contributed by atoms with van der Waals surface area (Å²) in [6.07, 6.45) is 10.7. The van der Waals surface area contributed by atoms with E-state index < -0.39 is 0 Å². The fourth-order valence-electron chi connectivity index (χ4n) is 4.90. The number of furan rings is 1. The fraction of sp³-hybridized carbons (Fsp3) is 0.591. The zero-order valence-corrected chi connectivity index (χ0v) is 16.8. The van der Waals surface area contributed by atoms with E-state index in [1.54, 1.807) is 6.26 Å². The highest BCUT2D eigenvalue weighted by molar-refractivity contribution is 6.05. The number of hydrogen-bond donors (Lipinski definition) is 2. The molecule has 0 saturated carbocycles. The van der Waals surface area contributed by atoms with Crippen LogP contribution in [0.15, 0.2) is 35.0 Å². The van der Waals surface area contributed by atoms with E-state index in [0.29, 0.717) is 19.4 Å². The number of amides is 3. The minimum absolute atomic E-state index is 0.0956. The Kier molecular flexibility index (Phi) is 6.13. The molecule has 2 saturated heterocycles. The van der Waals surface area contributed by atoms with Crippen molar-refractivity contribution in [3.8, 4) is 0 Å². The summed E-state index contributed by atoms with van der Waals surface area (Å²) in [5, 5.41) is 3.00. The number of likely N-dealkylation sites (tertiary alicyclic amines) is 2. The van der Waals surface area contributed by atoms with E-state index in [-0.39, 0.29) is 48.6 Å². The van der Waals surface area contributed by atoms with Gasteiger partial charge in [0, 0.05) is 13.0 Å². The van der Waals surface area contributed by atoms with Gasteiger partial charge in [0.25, 0.3) is 0 Å². The second kappa shape index (κ2) is 8.95. The van der Waals surface area contributed by atoms with Crippen molar-refractivity contribution in [3.05, 3.63) is 36.3 Å². The SMILES string of the molecule is O=C(CCN1C(=O)[C@H]2CC=CC[C@@H]2C1=O)NC[C@H](c1ccco1)[NH+]1CCCCC1. The summed E-state index contributed by atoms with van der Waals surface area (Å²) in [6.45, 7) is 2.82. The second-order valence-electron chi connectivity index (χ2n) is 8.32. The molecule has 1 aromatic heterocycles. The third-order valence-corrected chi connectivity index (χ3v) is 6.54.